The largest absolute Gasteiger partial charge is 0.480 e. The van der Waals surface area contributed by atoms with Gasteiger partial charge in [0.25, 0.3) is 0 Å². The highest BCUT2D eigenvalue weighted by Crippen LogP contribution is 2.21. The first kappa shape index (κ1) is 13.4. The van der Waals surface area contributed by atoms with Crippen molar-refractivity contribution in [1.82, 2.24) is 4.98 Å². The minimum absolute atomic E-state index is 0.148. The molecule has 0 radical (unpaired) electrons. The summed E-state index contributed by atoms with van der Waals surface area (Å²) in [5.41, 5.74) is 5.18. The minimum atomic E-state index is -1.48. The lowest BCUT2D eigenvalue weighted by molar-refractivity contribution is -0.143. The summed E-state index contributed by atoms with van der Waals surface area (Å²) in [6.45, 7) is 0. The number of aliphatic hydroxyl groups excluding tert-OH is 2. The van der Waals surface area contributed by atoms with Crippen LogP contribution < -0.4 is 5.73 Å². The van der Waals surface area contributed by atoms with Crippen molar-refractivity contribution in [3.8, 4) is 0 Å². The number of aliphatic carboxylic acids is 1. The van der Waals surface area contributed by atoms with Crippen molar-refractivity contribution in [3.63, 3.8) is 0 Å². The van der Waals surface area contributed by atoms with Crippen LogP contribution in [0.2, 0.25) is 0 Å². The van der Waals surface area contributed by atoms with Crippen molar-refractivity contribution in [3.05, 3.63) is 11.6 Å². The number of thioether (sulfide) groups is 1. The third-order valence-corrected chi connectivity index (χ3v) is 3.90. The summed E-state index contributed by atoms with van der Waals surface area (Å²) in [5, 5.41) is 29.2. The Bertz CT molecular complexity index is 333. The number of nitrogens with zero attached hydrogens (tertiary/aromatic N) is 1. The molecule has 0 saturated heterocycles. The number of nitrogens with two attached hydrogens (primary N) is 1. The van der Waals surface area contributed by atoms with E-state index in [2.05, 4.69) is 4.98 Å². The Kier molecular flexibility index (Phi) is 5.16. The molecular formula is C8H12N2O4S2. The number of thiazole rings is 1. The van der Waals surface area contributed by atoms with Gasteiger partial charge in [0, 0.05) is 17.3 Å². The predicted molar refractivity (Wildman–Crippen MR) is 60.5 cm³/mol. The summed E-state index contributed by atoms with van der Waals surface area (Å²) >= 11 is 2.64. The molecule has 0 spiro atoms. The lowest BCUT2D eigenvalue weighted by atomic mass is 10.1. The van der Waals surface area contributed by atoms with Crippen molar-refractivity contribution in [1.29, 1.82) is 0 Å². The molecule has 0 aliphatic rings. The van der Waals surface area contributed by atoms with Crippen LogP contribution in [0.5, 0.6) is 0 Å². The van der Waals surface area contributed by atoms with E-state index in [-0.39, 0.29) is 5.75 Å². The van der Waals surface area contributed by atoms with Crippen LogP contribution in [0.1, 0.15) is 0 Å². The maximum Gasteiger partial charge on any atom is 0.323 e. The Balaban J connectivity index is 2.39. The standard InChI is InChI=1S/C8H12N2O4S2/c9-5(7(13)14)6(12)4(11)3-16-8-10-1-2-15-8/h1-2,4-6,11-12H,3,9H2,(H,13,14). The fourth-order valence-electron chi connectivity index (χ4n) is 0.922. The molecule has 0 amide bonds. The number of aliphatic hydroxyl groups is 2. The van der Waals surface area contributed by atoms with Crippen molar-refractivity contribution < 1.29 is 20.1 Å². The van der Waals surface area contributed by atoms with Gasteiger partial charge >= 0.3 is 5.97 Å². The van der Waals surface area contributed by atoms with E-state index in [0.717, 1.165) is 4.34 Å². The second kappa shape index (κ2) is 6.16. The molecule has 0 aliphatic carbocycles. The van der Waals surface area contributed by atoms with E-state index in [1.807, 2.05) is 0 Å². The van der Waals surface area contributed by atoms with Crippen LogP contribution in [0.15, 0.2) is 15.9 Å². The number of carbonyl (C=O) groups is 1. The smallest absolute Gasteiger partial charge is 0.323 e. The van der Waals surface area contributed by atoms with Crippen LogP contribution in [0.3, 0.4) is 0 Å². The number of hydrogen-bond donors (Lipinski definition) is 4. The van der Waals surface area contributed by atoms with E-state index >= 15 is 0 Å². The molecule has 8 heteroatoms. The molecule has 3 unspecified atom stereocenters. The molecule has 0 aromatic carbocycles. The van der Waals surface area contributed by atoms with Crippen molar-refractivity contribution >= 4 is 29.1 Å². The summed E-state index contributed by atoms with van der Waals surface area (Å²) in [4.78, 5) is 14.4. The number of carboxylic acid groups (broad SMARTS) is 1. The Morgan fingerprint density at radius 2 is 2.31 bits per heavy atom. The third-order valence-electron chi connectivity index (χ3n) is 1.83. The highest BCUT2D eigenvalue weighted by molar-refractivity contribution is 8.01. The summed E-state index contributed by atoms with van der Waals surface area (Å²) in [6, 6.07) is -1.48. The van der Waals surface area contributed by atoms with Crippen molar-refractivity contribution in [2.24, 2.45) is 5.73 Å². The molecule has 5 N–H and O–H groups in total. The summed E-state index contributed by atoms with van der Waals surface area (Å²) < 4.78 is 0.746. The van der Waals surface area contributed by atoms with E-state index in [9.17, 15) is 15.0 Å². The predicted octanol–water partition coefficient (Wildman–Crippen LogP) is -0.631. The topological polar surface area (TPSA) is 117 Å². The van der Waals surface area contributed by atoms with Gasteiger partial charge < -0.3 is 21.1 Å². The van der Waals surface area contributed by atoms with Crippen molar-refractivity contribution in [2.75, 3.05) is 5.75 Å². The lowest BCUT2D eigenvalue weighted by Gasteiger charge is -2.20. The second-order valence-corrected chi connectivity index (χ2v) is 5.19. The minimum Gasteiger partial charge on any atom is -0.480 e. The number of aromatic nitrogens is 1. The molecule has 6 nitrogen and oxygen atoms in total. The maximum absolute atomic E-state index is 10.5. The molecule has 1 heterocycles. The third kappa shape index (κ3) is 3.72. The Hall–Kier alpha value is -0.670. The molecule has 1 aromatic rings. The first-order valence-electron chi connectivity index (χ1n) is 4.39. The quantitative estimate of drug-likeness (QED) is 0.505. The number of hydrogen-bond acceptors (Lipinski definition) is 7. The molecule has 1 aromatic heterocycles. The lowest BCUT2D eigenvalue weighted by Crippen LogP contribution is -2.48. The monoisotopic (exact) mass is 264 g/mol. The fourth-order valence-corrected chi connectivity index (χ4v) is 2.57. The zero-order chi connectivity index (χ0) is 12.1. The van der Waals surface area contributed by atoms with E-state index in [1.54, 1.807) is 11.6 Å². The molecular weight excluding hydrogens is 252 g/mol. The van der Waals surface area contributed by atoms with Crippen LogP contribution in [0, 0.1) is 0 Å². The van der Waals surface area contributed by atoms with E-state index < -0.39 is 24.2 Å². The van der Waals surface area contributed by atoms with Gasteiger partial charge in [-0.05, 0) is 0 Å². The average Bonchev–Trinajstić information content (AvgIpc) is 2.76. The molecule has 16 heavy (non-hydrogen) atoms. The molecule has 90 valence electrons. The summed E-state index contributed by atoms with van der Waals surface area (Å²) in [7, 11) is 0. The van der Waals surface area contributed by atoms with Crippen LogP contribution >= 0.6 is 23.1 Å². The highest BCUT2D eigenvalue weighted by Gasteiger charge is 2.28. The van der Waals surface area contributed by atoms with E-state index in [1.165, 1.54) is 23.1 Å². The van der Waals surface area contributed by atoms with Gasteiger partial charge in [-0.25, -0.2) is 4.98 Å². The second-order valence-electron chi connectivity index (χ2n) is 3.03. The molecule has 3 atom stereocenters. The normalized spacial score (nSPS) is 16.7. The fraction of sp³-hybridized carbons (Fsp3) is 0.500. The summed E-state index contributed by atoms with van der Waals surface area (Å²) in [6.07, 6.45) is -1.05. The Morgan fingerprint density at radius 3 is 2.81 bits per heavy atom. The first-order valence-corrected chi connectivity index (χ1v) is 6.25. The number of carboxylic acids is 1. The zero-order valence-corrected chi connectivity index (χ0v) is 9.82. The molecule has 0 saturated carbocycles. The Morgan fingerprint density at radius 1 is 1.62 bits per heavy atom. The van der Waals surface area contributed by atoms with Gasteiger partial charge in [-0.2, -0.15) is 0 Å². The van der Waals surface area contributed by atoms with Gasteiger partial charge in [0.2, 0.25) is 0 Å². The molecule has 1 rings (SSSR count). The van der Waals surface area contributed by atoms with E-state index in [0.29, 0.717) is 0 Å². The van der Waals surface area contributed by atoms with Gasteiger partial charge in [-0.3, -0.25) is 4.79 Å². The van der Waals surface area contributed by atoms with Crippen LogP contribution in [-0.4, -0.2) is 50.3 Å². The maximum atomic E-state index is 10.5. The van der Waals surface area contributed by atoms with E-state index in [4.69, 9.17) is 10.8 Å². The molecule has 0 bridgehead atoms. The van der Waals surface area contributed by atoms with Crippen molar-refractivity contribution in [2.45, 2.75) is 22.6 Å². The highest BCUT2D eigenvalue weighted by atomic mass is 32.2. The number of rotatable bonds is 6. The van der Waals surface area contributed by atoms with Gasteiger partial charge in [-0.15, -0.1) is 11.3 Å². The van der Waals surface area contributed by atoms with Gasteiger partial charge in [0.15, 0.2) is 0 Å². The summed E-state index contributed by atoms with van der Waals surface area (Å²) in [5.74, 6) is -1.19. The van der Waals surface area contributed by atoms with Gasteiger partial charge in [0.05, 0.1) is 6.10 Å². The van der Waals surface area contributed by atoms with Crippen LogP contribution in [-0.2, 0) is 4.79 Å². The van der Waals surface area contributed by atoms with Gasteiger partial charge in [0.1, 0.15) is 16.5 Å². The SMILES string of the molecule is NC(C(=O)O)C(O)C(O)CSc1nccs1. The van der Waals surface area contributed by atoms with Crippen LogP contribution in [0.25, 0.3) is 0 Å². The first-order chi connectivity index (χ1) is 7.52. The average molecular weight is 264 g/mol. The van der Waals surface area contributed by atoms with Crippen LogP contribution in [0.4, 0.5) is 0 Å². The molecule has 0 aliphatic heterocycles. The molecule has 0 fully saturated rings. The Labute approximate surface area is 100 Å². The van der Waals surface area contributed by atoms with Gasteiger partial charge in [-0.1, -0.05) is 11.8 Å². The zero-order valence-electron chi connectivity index (χ0n) is 8.18.